The van der Waals surface area contributed by atoms with E-state index in [0.717, 1.165) is 17.8 Å². The molecule has 2 nitrogen and oxygen atoms in total. The summed E-state index contributed by atoms with van der Waals surface area (Å²) in [5, 5.41) is 4.35. The van der Waals surface area contributed by atoms with Gasteiger partial charge in [0.1, 0.15) is 0 Å². The SMILES string of the molecule is CCC(C)SCC(NC)C1CCOC2(CCC2)C1. The first-order valence-electron chi connectivity index (χ1n) is 7.62. The van der Waals surface area contributed by atoms with Crippen LogP contribution in [-0.2, 0) is 4.74 Å². The molecule has 1 saturated carbocycles. The van der Waals surface area contributed by atoms with Gasteiger partial charge in [-0.3, -0.25) is 0 Å². The molecule has 3 unspecified atom stereocenters. The van der Waals surface area contributed by atoms with Crippen molar-refractivity contribution in [2.24, 2.45) is 5.92 Å². The Morgan fingerprint density at radius 3 is 2.78 bits per heavy atom. The lowest BCUT2D eigenvalue weighted by molar-refractivity contribution is -0.146. The van der Waals surface area contributed by atoms with Crippen LogP contribution >= 0.6 is 11.8 Å². The molecule has 1 aliphatic carbocycles. The number of ether oxygens (including phenoxy) is 1. The van der Waals surface area contributed by atoms with Gasteiger partial charge in [-0.05, 0) is 51.5 Å². The minimum atomic E-state index is 0.291. The first-order chi connectivity index (χ1) is 8.69. The van der Waals surface area contributed by atoms with E-state index in [4.69, 9.17) is 4.74 Å². The maximum Gasteiger partial charge on any atom is 0.0685 e. The second-order valence-electron chi connectivity index (χ2n) is 6.09. The van der Waals surface area contributed by atoms with Gasteiger partial charge in [-0.1, -0.05) is 13.8 Å². The van der Waals surface area contributed by atoms with E-state index < -0.39 is 0 Å². The highest BCUT2D eigenvalue weighted by Crippen LogP contribution is 2.45. The molecule has 0 aromatic heterocycles. The normalized spacial score (nSPS) is 29.8. The van der Waals surface area contributed by atoms with Crippen molar-refractivity contribution >= 4 is 11.8 Å². The van der Waals surface area contributed by atoms with E-state index in [1.165, 1.54) is 44.3 Å². The molecule has 0 amide bonds. The Morgan fingerprint density at radius 1 is 1.44 bits per heavy atom. The van der Waals surface area contributed by atoms with Gasteiger partial charge in [-0.25, -0.2) is 0 Å². The molecule has 18 heavy (non-hydrogen) atoms. The molecule has 3 heteroatoms. The van der Waals surface area contributed by atoms with Gasteiger partial charge in [0.05, 0.1) is 5.60 Å². The fourth-order valence-electron chi connectivity index (χ4n) is 3.17. The van der Waals surface area contributed by atoms with Gasteiger partial charge in [0.15, 0.2) is 0 Å². The zero-order valence-electron chi connectivity index (χ0n) is 12.2. The van der Waals surface area contributed by atoms with Crippen molar-refractivity contribution in [3.63, 3.8) is 0 Å². The molecule has 0 radical (unpaired) electrons. The van der Waals surface area contributed by atoms with Gasteiger partial charge in [0.2, 0.25) is 0 Å². The fraction of sp³-hybridized carbons (Fsp3) is 1.00. The molecule has 1 N–H and O–H groups in total. The summed E-state index contributed by atoms with van der Waals surface area (Å²) in [6, 6.07) is 0.672. The highest BCUT2D eigenvalue weighted by molar-refractivity contribution is 7.99. The predicted octanol–water partition coefficient (Wildman–Crippen LogP) is 3.46. The van der Waals surface area contributed by atoms with Crippen LogP contribution < -0.4 is 5.32 Å². The zero-order valence-corrected chi connectivity index (χ0v) is 13.0. The van der Waals surface area contributed by atoms with Gasteiger partial charge in [-0.2, -0.15) is 11.8 Å². The first-order valence-corrected chi connectivity index (χ1v) is 8.67. The maximum absolute atomic E-state index is 6.04. The van der Waals surface area contributed by atoms with Crippen LogP contribution in [0.25, 0.3) is 0 Å². The summed E-state index contributed by atoms with van der Waals surface area (Å²) in [5.41, 5.74) is 0.291. The van der Waals surface area contributed by atoms with Crippen LogP contribution in [0.4, 0.5) is 0 Å². The zero-order chi connectivity index (χ0) is 13.0. The Bertz CT molecular complexity index is 255. The number of thioether (sulfide) groups is 1. The summed E-state index contributed by atoms with van der Waals surface area (Å²) in [6.07, 6.45) is 7.79. The molecule has 1 aliphatic heterocycles. The summed E-state index contributed by atoms with van der Waals surface area (Å²) in [6.45, 7) is 5.61. The lowest BCUT2D eigenvalue weighted by Gasteiger charge is -2.48. The molecular formula is C15H29NOS. The van der Waals surface area contributed by atoms with Crippen molar-refractivity contribution in [3.8, 4) is 0 Å². The van der Waals surface area contributed by atoms with Gasteiger partial charge in [-0.15, -0.1) is 0 Å². The average molecular weight is 271 g/mol. The van der Waals surface area contributed by atoms with Crippen LogP contribution in [0.5, 0.6) is 0 Å². The van der Waals surface area contributed by atoms with E-state index in [1.54, 1.807) is 0 Å². The van der Waals surface area contributed by atoms with Crippen molar-refractivity contribution < 1.29 is 4.74 Å². The Hall–Kier alpha value is 0.270. The molecule has 0 bridgehead atoms. The Balaban J connectivity index is 1.83. The van der Waals surface area contributed by atoms with E-state index in [1.807, 2.05) is 0 Å². The van der Waals surface area contributed by atoms with Crippen molar-refractivity contribution in [2.45, 2.75) is 69.3 Å². The number of hydrogen-bond acceptors (Lipinski definition) is 3. The predicted molar refractivity (Wildman–Crippen MR) is 80.3 cm³/mol. The molecule has 0 aromatic rings. The minimum Gasteiger partial charge on any atom is -0.375 e. The lowest BCUT2D eigenvalue weighted by atomic mass is 9.70. The van der Waals surface area contributed by atoms with Crippen LogP contribution in [0.1, 0.15) is 52.4 Å². The minimum absolute atomic E-state index is 0.291. The maximum atomic E-state index is 6.04. The summed E-state index contributed by atoms with van der Waals surface area (Å²) in [5.74, 6) is 2.08. The molecule has 106 valence electrons. The monoisotopic (exact) mass is 271 g/mol. The summed E-state index contributed by atoms with van der Waals surface area (Å²) < 4.78 is 6.04. The largest absolute Gasteiger partial charge is 0.375 e. The summed E-state index contributed by atoms with van der Waals surface area (Å²) >= 11 is 2.13. The van der Waals surface area contributed by atoms with E-state index in [2.05, 4.69) is 38.0 Å². The van der Waals surface area contributed by atoms with E-state index in [9.17, 15) is 0 Å². The van der Waals surface area contributed by atoms with E-state index >= 15 is 0 Å². The molecule has 1 heterocycles. The van der Waals surface area contributed by atoms with Crippen LogP contribution in [0, 0.1) is 5.92 Å². The smallest absolute Gasteiger partial charge is 0.0685 e. The van der Waals surface area contributed by atoms with Gasteiger partial charge in [0, 0.05) is 23.7 Å². The Morgan fingerprint density at radius 2 is 2.22 bits per heavy atom. The second kappa shape index (κ2) is 6.62. The highest BCUT2D eigenvalue weighted by atomic mass is 32.2. The molecular weight excluding hydrogens is 242 g/mol. The summed E-state index contributed by atoms with van der Waals surface area (Å²) in [4.78, 5) is 0. The van der Waals surface area contributed by atoms with Crippen molar-refractivity contribution in [1.82, 2.24) is 5.32 Å². The number of rotatable bonds is 6. The topological polar surface area (TPSA) is 21.3 Å². The quantitative estimate of drug-likeness (QED) is 0.799. The Kier molecular flexibility index (Phi) is 5.40. The molecule has 3 atom stereocenters. The van der Waals surface area contributed by atoms with E-state index in [-0.39, 0.29) is 0 Å². The molecule has 2 fully saturated rings. The summed E-state index contributed by atoms with van der Waals surface area (Å²) in [7, 11) is 2.13. The third-order valence-electron chi connectivity index (χ3n) is 4.87. The fourth-order valence-corrected chi connectivity index (χ4v) is 4.38. The van der Waals surface area contributed by atoms with Gasteiger partial charge in [0.25, 0.3) is 0 Å². The van der Waals surface area contributed by atoms with Crippen LogP contribution in [-0.4, -0.2) is 36.3 Å². The number of hydrogen-bond donors (Lipinski definition) is 1. The average Bonchev–Trinajstić information content (AvgIpc) is 2.37. The second-order valence-corrected chi connectivity index (χ2v) is 7.56. The van der Waals surface area contributed by atoms with Crippen LogP contribution in [0.15, 0.2) is 0 Å². The molecule has 2 rings (SSSR count). The molecule has 1 saturated heterocycles. The molecule has 0 aromatic carbocycles. The van der Waals surface area contributed by atoms with Crippen molar-refractivity contribution in [1.29, 1.82) is 0 Å². The van der Waals surface area contributed by atoms with Crippen molar-refractivity contribution in [2.75, 3.05) is 19.4 Å². The van der Waals surface area contributed by atoms with Gasteiger partial charge < -0.3 is 10.1 Å². The van der Waals surface area contributed by atoms with Gasteiger partial charge >= 0.3 is 0 Å². The Labute approximate surface area is 117 Å². The first kappa shape index (κ1) is 14.7. The number of nitrogens with one attached hydrogen (secondary N) is 1. The van der Waals surface area contributed by atoms with Crippen LogP contribution in [0.3, 0.4) is 0 Å². The lowest BCUT2D eigenvalue weighted by Crippen LogP contribution is -2.50. The molecule has 1 spiro atoms. The van der Waals surface area contributed by atoms with Crippen LogP contribution in [0.2, 0.25) is 0 Å². The molecule has 2 aliphatic rings. The highest BCUT2D eigenvalue weighted by Gasteiger charge is 2.43. The standard InChI is InChI=1S/C15H29NOS/c1-4-12(2)18-11-14(16-3)13-6-9-17-15(10-13)7-5-8-15/h12-14,16H,4-11H2,1-3H3. The van der Waals surface area contributed by atoms with Crippen molar-refractivity contribution in [3.05, 3.63) is 0 Å². The third-order valence-corrected chi connectivity index (χ3v) is 6.32. The third kappa shape index (κ3) is 3.43. The van der Waals surface area contributed by atoms with E-state index in [0.29, 0.717) is 11.6 Å².